The Kier molecular flexibility index (Phi) is 6.17. The van der Waals surface area contributed by atoms with Gasteiger partial charge in [0.05, 0.1) is 5.56 Å². The number of ether oxygens (including phenoxy) is 2. The van der Waals surface area contributed by atoms with Crippen molar-refractivity contribution in [3.8, 4) is 0 Å². The average molecular weight is 293 g/mol. The fraction of sp³-hybridized carbons (Fsp3) is 0.562. The van der Waals surface area contributed by atoms with E-state index in [1.54, 1.807) is 31.4 Å². The van der Waals surface area contributed by atoms with Gasteiger partial charge in [-0.2, -0.15) is 0 Å². The molecule has 0 aliphatic carbocycles. The van der Waals surface area contributed by atoms with Crippen molar-refractivity contribution in [1.82, 2.24) is 5.06 Å². The van der Waals surface area contributed by atoms with Crippen molar-refractivity contribution in [3.05, 3.63) is 35.9 Å². The summed E-state index contributed by atoms with van der Waals surface area (Å²) in [4.78, 5) is 17.4. The maximum Gasteiger partial charge on any atom is 0.357 e. The third-order valence-corrected chi connectivity index (χ3v) is 3.85. The molecule has 0 aromatic heterocycles. The molecule has 0 amide bonds. The largest absolute Gasteiger partial charge is 0.364 e. The van der Waals surface area contributed by atoms with Crippen LogP contribution < -0.4 is 0 Å². The quantitative estimate of drug-likeness (QED) is 0.754. The summed E-state index contributed by atoms with van der Waals surface area (Å²) >= 11 is 0. The number of hydrogen-bond acceptors (Lipinski definition) is 5. The van der Waals surface area contributed by atoms with Crippen LogP contribution in [0.4, 0.5) is 0 Å². The van der Waals surface area contributed by atoms with Crippen LogP contribution in [-0.4, -0.2) is 44.6 Å². The molecule has 0 spiro atoms. The minimum absolute atomic E-state index is 0.145. The molecule has 0 bridgehead atoms. The van der Waals surface area contributed by atoms with Gasteiger partial charge in [0.2, 0.25) is 0 Å². The molecular formula is C16H23NO4. The number of hydrogen-bond donors (Lipinski definition) is 0. The van der Waals surface area contributed by atoms with E-state index in [-0.39, 0.29) is 12.3 Å². The zero-order valence-corrected chi connectivity index (χ0v) is 12.7. The molecule has 1 aliphatic heterocycles. The van der Waals surface area contributed by atoms with Crippen molar-refractivity contribution in [2.75, 3.05) is 27.3 Å². The molecule has 21 heavy (non-hydrogen) atoms. The Morgan fingerprint density at radius 2 is 1.81 bits per heavy atom. The number of benzene rings is 1. The van der Waals surface area contributed by atoms with Gasteiger partial charge in [0.25, 0.3) is 0 Å². The maximum atomic E-state index is 12.0. The molecule has 1 aromatic carbocycles. The molecule has 2 rings (SSSR count). The van der Waals surface area contributed by atoms with Crippen molar-refractivity contribution in [2.24, 2.45) is 5.92 Å². The first-order chi connectivity index (χ1) is 10.2. The number of carbonyl (C=O) groups is 1. The predicted molar refractivity (Wildman–Crippen MR) is 78.6 cm³/mol. The lowest BCUT2D eigenvalue weighted by atomic mass is 9.94. The molecule has 1 saturated heterocycles. The molecule has 116 valence electrons. The molecule has 5 nitrogen and oxygen atoms in total. The number of rotatable bonds is 6. The SMILES string of the molecule is COC(CC1CCN(OC(=O)c2ccccc2)CC1)OC. The number of piperidine rings is 1. The molecule has 1 heterocycles. The summed E-state index contributed by atoms with van der Waals surface area (Å²) in [6.45, 7) is 1.51. The van der Waals surface area contributed by atoms with Crippen molar-refractivity contribution < 1.29 is 19.1 Å². The molecule has 0 unspecified atom stereocenters. The fourth-order valence-electron chi connectivity index (χ4n) is 2.54. The van der Waals surface area contributed by atoms with Gasteiger partial charge in [0, 0.05) is 33.7 Å². The van der Waals surface area contributed by atoms with Crippen LogP contribution in [0.1, 0.15) is 29.6 Å². The smallest absolute Gasteiger partial charge is 0.357 e. The van der Waals surface area contributed by atoms with E-state index in [0.717, 1.165) is 32.4 Å². The van der Waals surface area contributed by atoms with Crippen LogP contribution in [0, 0.1) is 5.92 Å². The van der Waals surface area contributed by atoms with Crippen molar-refractivity contribution in [1.29, 1.82) is 0 Å². The van der Waals surface area contributed by atoms with Crippen LogP contribution in [-0.2, 0) is 14.3 Å². The van der Waals surface area contributed by atoms with Gasteiger partial charge in [-0.1, -0.05) is 18.2 Å². The fourth-order valence-corrected chi connectivity index (χ4v) is 2.54. The van der Waals surface area contributed by atoms with Gasteiger partial charge in [-0.15, -0.1) is 5.06 Å². The predicted octanol–water partition coefficient (Wildman–Crippen LogP) is 2.48. The first-order valence-corrected chi connectivity index (χ1v) is 7.30. The average Bonchev–Trinajstić information content (AvgIpc) is 2.55. The Morgan fingerprint density at radius 3 is 2.38 bits per heavy atom. The van der Waals surface area contributed by atoms with E-state index < -0.39 is 0 Å². The van der Waals surface area contributed by atoms with E-state index in [9.17, 15) is 4.79 Å². The summed E-state index contributed by atoms with van der Waals surface area (Å²) in [7, 11) is 3.32. The van der Waals surface area contributed by atoms with Gasteiger partial charge in [-0.05, 0) is 30.9 Å². The van der Waals surface area contributed by atoms with Gasteiger partial charge in [0.1, 0.15) is 0 Å². The van der Waals surface area contributed by atoms with Crippen LogP contribution in [0.5, 0.6) is 0 Å². The minimum atomic E-state index is -0.291. The topological polar surface area (TPSA) is 48.0 Å². The van der Waals surface area contributed by atoms with Gasteiger partial charge >= 0.3 is 5.97 Å². The van der Waals surface area contributed by atoms with E-state index >= 15 is 0 Å². The van der Waals surface area contributed by atoms with E-state index in [1.807, 2.05) is 18.2 Å². The Hall–Kier alpha value is -1.43. The first kappa shape index (κ1) is 15.9. The number of hydroxylamine groups is 2. The normalized spacial score (nSPS) is 17.1. The van der Waals surface area contributed by atoms with Crippen LogP contribution >= 0.6 is 0 Å². The van der Waals surface area contributed by atoms with E-state index in [4.69, 9.17) is 14.3 Å². The Balaban J connectivity index is 1.75. The highest BCUT2D eigenvalue weighted by molar-refractivity contribution is 5.89. The standard InChI is InChI=1S/C16H23NO4/c1-19-15(20-2)12-13-8-10-17(11-9-13)21-16(18)14-6-4-3-5-7-14/h3-7,13,15H,8-12H2,1-2H3. The molecule has 1 aromatic rings. The summed E-state index contributed by atoms with van der Waals surface area (Å²) < 4.78 is 10.5. The Morgan fingerprint density at radius 1 is 1.19 bits per heavy atom. The highest BCUT2D eigenvalue weighted by Gasteiger charge is 2.24. The summed E-state index contributed by atoms with van der Waals surface area (Å²) in [5, 5.41) is 1.75. The second kappa shape index (κ2) is 8.12. The summed E-state index contributed by atoms with van der Waals surface area (Å²) in [5.74, 6) is 0.252. The van der Waals surface area contributed by atoms with Gasteiger partial charge < -0.3 is 14.3 Å². The molecule has 1 fully saturated rings. The van der Waals surface area contributed by atoms with E-state index in [2.05, 4.69) is 0 Å². The minimum Gasteiger partial charge on any atom is -0.364 e. The lowest BCUT2D eigenvalue weighted by Gasteiger charge is -2.31. The number of carbonyl (C=O) groups excluding carboxylic acids is 1. The first-order valence-electron chi connectivity index (χ1n) is 7.30. The third kappa shape index (κ3) is 4.81. The van der Waals surface area contributed by atoms with Crippen molar-refractivity contribution in [2.45, 2.75) is 25.6 Å². The number of methoxy groups -OCH3 is 2. The van der Waals surface area contributed by atoms with E-state index in [1.165, 1.54) is 0 Å². The number of nitrogens with zero attached hydrogens (tertiary/aromatic N) is 1. The van der Waals surface area contributed by atoms with Gasteiger partial charge in [-0.25, -0.2) is 4.79 Å². The van der Waals surface area contributed by atoms with E-state index in [0.29, 0.717) is 11.5 Å². The molecule has 1 aliphatic rings. The van der Waals surface area contributed by atoms with Crippen LogP contribution in [0.2, 0.25) is 0 Å². The molecule has 0 radical (unpaired) electrons. The Labute approximate surface area is 125 Å². The zero-order valence-electron chi connectivity index (χ0n) is 12.7. The second-order valence-electron chi connectivity index (χ2n) is 5.25. The zero-order chi connectivity index (χ0) is 15.1. The molecule has 0 saturated carbocycles. The van der Waals surface area contributed by atoms with Crippen molar-refractivity contribution in [3.63, 3.8) is 0 Å². The highest BCUT2D eigenvalue weighted by Crippen LogP contribution is 2.23. The molecule has 0 N–H and O–H groups in total. The lowest BCUT2D eigenvalue weighted by Crippen LogP contribution is -2.36. The van der Waals surface area contributed by atoms with Crippen LogP contribution in [0.25, 0.3) is 0 Å². The van der Waals surface area contributed by atoms with Gasteiger partial charge in [0.15, 0.2) is 6.29 Å². The monoisotopic (exact) mass is 293 g/mol. The maximum absolute atomic E-state index is 12.0. The summed E-state index contributed by atoms with van der Waals surface area (Å²) in [5.41, 5.74) is 0.582. The van der Waals surface area contributed by atoms with Crippen LogP contribution in [0.3, 0.4) is 0 Å². The molecule has 5 heteroatoms. The lowest BCUT2D eigenvalue weighted by molar-refractivity contribution is -0.143. The van der Waals surface area contributed by atoms with Gasteiger partial charge in [-0.3, -0.25) is 0 Å². The third-order valence-electron chi connectivity index (χ3n) is 3.85. The summed E-state index contributed by atoms with van der Waals surface area (Å²) in [6, 6.07) is 9.06. The van der Waals surface area contributed by atoms with Crippen LogP contribution in [0.15, 0.2) is 30.3 Å². The van der Waals surface area contributed by atoms with Crippen molar-refractivity contribution >= 4 is 5.97 Å². The second-order valence-corrected chi connectivity index (χ2v) is 5.25. The highest BCUT2D eigenvalue weighted by atomic mass is 16.7. The Bertz CT molecular complexity index is 425. The molecular weight excluding hydrogens is 270 g/mol. The summed E-state index contributed by atoms with van der Waals surface area (Å²) in [6.07, 6.45) is 2.69. The molecule has 0 atom stereocenters.